The number of carbonyl (C=O) groups is 1. The topological polar surface area (TPSA) is 128 Å². The Hall–Kier alpha value is -2.70. The normalized spacial score (nSPS) is 25.4. The molecule has 0 aromatic heterocycles. The zero-order valence-corrected chi connectivity index (χ0v) is 16.6. The third kappa shape index (κ3) is 5.03. The van der Waals surface area contributed by atoms with Crippen LogP contribution in [0.15, 0.2) is 36.4 Å². The number of aliphatic hydroxyl groups excluding tert-OH is 4. The molecule has 0 spiro atoms. The number of halogens is 3. The Labute approximate surface area is 180 Å². The standard InChI is InChI=1S/C21H22F3NO7/c22-12-8-11(20(30)25-7-6-10-4-2-1-3-5-10)14(23)19(15(12)24)32-21-18(29)17(28)16(27)13(9-26)31-21/h1-5,8,13,16-18,21,26-29H,6-7,9H2,(H,25,30). The number of carbonyl (C=O) groups excluding carboxylic acids is 1. The van der Waals surface area contributed by atoms with Crippen LogP contribution in [0.25, 0.3) is 0 Å². The maximum absolute atomic E-state index is 14.9. The molecular weight excluding hydrogens is 435 g/mol. The Kier molecular flexibility index (Phi) is 7.69. The molecule has 32 heavy (non-hydrogen) atoms. The summed E-state index contributed by atoms with van der Waals surface area (Å²) in [6, 6.07) is 9.41. The minimum atomic E-state index is -1.99. The minimum absolute atomic E-state index is 0.0875. The highest BCUT2D eigenvalue weighted by Crippen LogP contribution is 2.31. The molecular formula is C21H22F3NO7. The lowest BCUT2D eigenvalue weighted by Gasteiger charge is -2.39. The molecule has 1 amide bonds. The molecule has 11 heteroatoms. The molecule has 2 aromatic rings. The molecule has 5 atom stereocenters. The lowest BCUT2D eigenvalue weighted by molar-refractivity contribution is -0.278. The van der Waals surface area contributed by atoms with Gasteiger partial charge in [0.2, 0.25) is 12.1 Å². The van der Waals surface area contributed by atoms with Crippen molar-refractivity contribution in [3.63, 3.8) is 0 Å². The second-order valence-electron chi connectivity index (χ2n) is 7.17. The molecule has 174 valence electrons. The fourth-order valence-electron chi connectivity index (χ4n) is 3.19. The van der Waals surface area contributed by atoms with E-state index in [0.717, 1.165) is 5.56 Å². The summed E-state index contributed by atoms with van der Waals surface area (Å²) < 4.78 is 53.1. The van der Waals surface area contributed by atoms with E-state index in [1.807, 2.05) is 18.2 Å². The van der Waals surface area contributed by atoms with E-state index >= 15 is 0 Å². The zero-order chi connectivity index (χ0) is 23.4. The fourth-order valence-corrected chi connectivity index (χ4v) is 3.19. The van der Waals surface area contributed by atoms with Gasteiger partial charge in [0, 0.05) is 6.54 Å². The molecule has 8 nitrogen and oxygen atoms in total. The van der Waals surface area contributed by atoms with E-state index in [4.69, 9.17) is 9.47 Å². The maximum atomic E-state index is 14.9. The molecule has 1 aliphatic rings. The number of benzene rings is 2. The highest BCUT2D eigenvalue weighted by Gasteiger charge is 2.45. The van der Waals surface area contributed by atoms with Crippen molar-refractivity contribution in [3.8, 4) is 5.75 Å². The second kappa shape index (κ2) is 10.3. The number of ether oxygens (including phenoxy) is 2. The van der Waals surface area contributed by atoms with Gasteiger partial charge in [0.1, 0.15) is 24.4 Å². The van der Waals surface area contributed by atoms with Crippen LogP contribution >= 0.6 is 0 Å². The van der Waals surface area contributed by atoms with Crippen molar-refractivity contribution < 1.29 is 47.9 Å². The quantitative estimate of drug-likeness (QED) is 0.377. The van der Waals surface area contributed by atoms with E-state index in [1.165, 1.54) is 0 Å². The van der Waals surface area contributed by atoms with Gasteiger partial charge in [0.25, 0.3) is 5.91 Å². The zero-order valence-electron chi connectivity index (χ0n) is 16.6. The Morgan fingerprint density at radius 2 is 1.72 bits per heavy atom. The predicted molar refractivity (Wildman–Crippen MR) is 103 cm³/mol. The summed E-state index contributed by atoms with van der Waals surface area (Å²) in [5.74, 6) is -7.34. The highest BCUT2D eigenvalue weighted by atomic mass is 19.2. The third-order valence-electron chi connectivity index (χ3n) is 4.99. The molecule has 0 bridgehead atoms. The second-order valence-corrected chi connectivity index (χ2v) is 7.17. The van der Waals surface area contributed by atoms with Crippen molar-refractivity contribution in [2.75, 3.05) is 13.2 Å². The van der Waals surface area contributed by atoms with E-state index in [9.17, 15) is 38.4 Å². The number of nitrogens with one attached hydrogen (secondary N) is 1. The Bertz CT molecular complexity index is 945. The molecule has 3 rings (SSSR count). The van der Waals surface area contributed by atoms with Crippen LogP contribution in [0.3, 0.4) is 0 Å². The Balaban J connectivity index is 1.78. The molecule has 1 aliphatic heterocycles. The largest absolute Gasteiger partial charge is 0.456 e. The smallest absolute Gasteiger partial charge is 0.254 e. The SMILES string of the molecule is O=C(NCCc1ccccc1)c1cc(F)c(F)c(OC2OC(CO)C(O)C(O)C2O)c1F. The van der Waals surface area contributed by atoms with E-state index in [2.05, 4.69) is 5.32 Å². The Morgan fingerprint density at radius 1 is 1.03 bits per heavy atom. The first-order valence-corrected chi connectivity index (χ1v) is 9.71. The number of hydrogen-bond acceptors (Lipinski definition) is 7. The van der Waals surface area contributed by atoms with Gasteiger partial charge in [0.05, 0.1) is 12.2 Å². The molecule has 0 radical (unpaired) electrons. The molecule has 2 aromatic carbocycles. The maximum Gasteiger partial charge on any atom is 0.254 e. The number of aliphatic hydroxyl groups is 4. The van der Waals surface area contributed by atoms with Gasteiger partial charge in [-0.15, -0.1) is 0 Å². The van der Waals surface area contributed by atoms with Gasteiger partial charge in [-0.25, -0.2) is 8.78 Å². The van der Waals surface area contributed by atoms with E-state index in [1.54, 1.807) is 12.1 Å². The summed E-state index contributed by atoms with van der Waals surface area (Å²) in [4.78, 5) is 12.3. The summed E-state index contributed by atoms with van der Waals surface area (Å²) in [6.07, 6.45) is -8.58. The first-order chi connectivity index (χ1) is 15.2. The summed E-state index contributed by atoms with van der Waals surface area (Å²) in [6.45, 7) is -0.724. The van der Waals surface area contributed by atoms with Gasteiger partial charge in [-0.3, -0.25) is 4.79 Å². The number of hydrogen-bond donors (Lipinski definition) is 5. The average molecular weight is 457 g/mol. The molecule has 0 saturated carbocycles. The summed E-state index contributed by atoms with van der Waals surface area (Å²) in [5, 5.41) is 41.1. The highest BCUT2D eigenvalue weighted by molar-refractivity contribution is 5.95. The van der Waals surface area contributed by atoms with Crippen LogP contribution in [-0.2, 0) is 11.2 Å². The van der Waals surface area contributed by atoms with E-state index in [0.29, 0.717) is 12.5 Å². The van der Waals surface area contributed by atoms with Crippen LogP contribution in [-0.4, -0.2) is 70.2 Å². The lowest BCUT2D eigenvalue weighted by atomic mass is 9.99. The first kappa shape index (κ1) is 24.0. The van der Waals surface area contributed by atoms with Crippen molar-refractivity contribution in [1.82, 2.24) is 5.32 Å². The van der Waals surface area contributed by atoms with E-state index in [-0.39, 0.29) is 6.54 Å². The van der Waals surface area contributed by atoms with Gasteiger partial charge >= 0.3 is 0 Å². The van der Waals surface area contributed by atoms with E-state index < -0.39 is 72.0 Å². The third-order valence-corrected chi connectivity index (χ3v) is 4.99. The molecule has 0 aliphatic carbocycles. The molecule has 1 heterocycles. The predicted octanol–water partition coefficient (Wildman–Crippen LogP) is 0.255. The van der Waals surface area contributed by atoms with Crippen molar-refractivity contribution in [2.24, 2.45) is 0 Å². The summed E-state index contributed by atoms with van der Waals surface area (Å²) in [7, 11) is 0. The molecule has 5 unspecified atom stereocenters. The molecule has 1 saturated heterocycles. The fraction of sp³-hybridized carbons (Fsp3) is 0.381. The van der Waals surface area contributed by atoms with Crippen LogP contribution in [0.2, 0.25) is 0 Å². The van der Waals surface area contributed by atoms with Crippen molar-refractivity contribution in [1.29, 1.82) is 0 Å². The molecule has 1 fully saturated rings. The van der Waals surface area contributed by atoms with Gasteiger partial charge < -0.3 is 35.2 Å². The first-order valence-electron chi connectivity index (χ1n) is 9.71. The lowest BCUT2D eigenvalue weighted by Crippen LogP contribution is -2.60. The summed E-state index contributed by atoms with van der Waals surface area (Å²) >= 11 is 0. The van der Waals surface area contributed by atoms with Gasteiger partial charge in [-0.1, -0.05) is 30.3 Å². The van der Waals surface area contributed by atoms with Crippen LogP contribution < -0.4 is 10.1 Å². The van der Waals surface area contributed by atoms with Crippen LogP contribution in [0.1, 0.15) is 15.9 Å². The van der Waals surface area contributed by atoms with Crippen LogP contribution in [0.4, 0.5) is 13.2 Å². The Morgan fingerprint density at radius 3 is 2.38 bits per heavy atom. The van der Waals surface area contributed by atoms with Gasteiger partial charge in [0.15, 0.2) is 17.4 Å². The van der Waals surface area contributed by atoms with Gasteiger partial charge in [-0.05, 0) is 18.1 Å². The molecule has 5 N–H and O–H groups in total. The van der Waals surface area contributed by atoms with Crippen LogP contribution in [0.5, 0.6) is 5.75 Å². The van der Waals surface area contributed by atoms with Gasteiger partial charge in [-0.2, -0.15) is 4.39 Å². The monoisotopic (exact) mass is 457 g/mol. The number of amides is 1. The minimum Gasteiger partial charge on any atom is -0.456 e. The van der Waals surface area contributed by atoms with Crippen molar-refractivity contribution >= 4 is 5.91 Å². The average Bonchev–Trinajstić information content (AvgIpc) is 2.79. The number of rotatable bonds is 7. The van der Waals surface area contributed by atoms with Crippen molar-refractivity contribution in [3.05, 3.63) is 65.0 Å². The van der Waals surface area contributed by atoms with Crippen LogP contribution in [0, 0.1) is 17.5 Å². The summed E-state index contributed by atoms with van der Waals surface area (Å²) in [5.41, 5.74) is 0.0433. The van der Waals surface area contributed by atoms with Crippen molar-refractivity contribution in [2.45, 2.75) is 37.1 Å².